The smallest absolute Gasteiger partial charge is 0.315 e. The van der Waals surface area contributed by atoms with E-state index in [0.29, 0.717) is 29.8 Å². The number of nitrogens with one attached hydrogen (secondary N) is 1. The summed E-state index contributed by atoms with van der Waals surface area (Å²) in [5.74, 6) is -2.38. The van der Waals surface area contributed by atoms with Crippen molar-refractivity contribution in [1.29, 1.82) is 5.41 Å². The Morgan fingerprint density at radius 2 is 1.91 bits per heavy atom. The molecule has 0 saturated carbocycles. The zero-order chi connectivity index (χ0) is 23.3. The predicted molar refractivity (Wildman–Crippen MR) is 113 cm³/mol. The Morgan fingerprint density at radius 3 is 2.47 bits per heavy atom. The number of amidine groups is 1. The molecule has 1 fully saturated rings. The average molecular weight is 440 g/mol. The first kappa shape index (κ1) is 22.7. The summed E-state index contributed by atoms with van der Waals surface area (Å²) < 4.78 is 6.02. The fourth-order valence-electron chi connectivity index (χ4n) is 3.51. The van der Waals surface area contributed by atoms with Crippen LogP contribution in [0.3, 0.4) is 0 Å². The quantitative estimate of drug-likeness (QED) is 0.292. The molecule has 2 aromatic rings. The van der Waals surface area contributed by atoms with E-state index in [-0.39, 0.29) is 12.4 Å². The number of ether oxygens (including phenoxy) is 1. The van der Waals surface area contributed by atoms with E-state index >= 15 is 0 Å². The number of nitrogens with two attached hydrogens (primary N) is 1. The third-order valence-electron chi connectivity index (χ3n) is 5.02. The number of carboxylic acids is 1. The number of carbonyl (C=O) groups excluding carboxylic acids is 2. The van der Waals surface area contributed by atoms with E-state index in [0.717, 1.165) is 0 Å². The Bertz CT molecular complexity index is 997. The zero-order valence-corrected chi connectivity index (χ0v) is 17.5. The van der Waals surface area contributed by atoms with Crippen molar-refractivity contribution in [2.75, 3.05) is 13.1 Å². The highest BCUT2D eigenvalue weighted by Crippen LogP contribution is 2.29. The van der Waals surface area contributed by atoms with Crippen molar-refractivity contribution in [1.82, 2.24) is 19.8 Å². The summed E-state index contributed by atoms with van der Waals surface area (Å²) in [6, 6.07) is 5.53. The Kier molecular flexibility index (Phi) is 6.98. The number of amides is 2. The average Bonchev–Trinajstić information content (AvgIpc) is 2.78. The molecule has 1 saturated heterocycles. The highest BCUT2D eigenvalue weighted by Gasteiger charge is 2.43. The second kappa shape index (κ2) is 9.86. The third kappa shape index (κ3) is 4.99. The first-order chi connectivity index (χ1) is 15.3. The van der Waals surface area contributed by atoms with E-state index in [1.54, 1.807) is 24.3 Å². The molecule has 2 atom stereocenters. The summed E-state index contributed by atoms with van der Waals surface area (Å²) in [4.78, 5) is 47.7. The van der Waals surface area contributed by atoms with Crippen LogP contribution >= 0.6 is 0 Å². The first-order valence-electron chi connectivity index (χ1n) is 10.0. The number of hydrogen-bond acceptors (Lipinski definition) is 7. The normalized spacial score (nSPS) is 17.2. The molecule has 168 valence electrons. The van der Waals surface area contributed by atoms with Crippen LogP contribution in [0.25, 0.3) is 0 Å². The molecule has 2 unspecified atom stereocenters. The van der Waals surface area contributed by atoms with Gasteiger partial charge in [-0.2, -0.15) is 0 Å². The van der Waals surface area contributed by atoms with Gasteiger partial charge in [-0.15, -0.1) is 0 Å². The van der Waals surface area contributed by atoms with E-state index in [1.807, 2.05) is 6.92 Å². The molecule has 0 spiro atoms. The molecule has 1 aromatic heterocycles. The van der Waals surface area contributed by atoms with Crippen molar-refractivity contribution in [3.63, 3.8) is 0 Å². The molecular formula is C21H24N6O5. The van der Waals surface area contributed by atoms with Gasteiger partial charge in [-0.05, 0) is 30.7 Å². The SMILES string of the molecule is CCCN1C(=O)C(=O)N(C(CC(=O)O)c2cncnc2)CC1Oc1ccc(C(=N)N)cc1. The van der Waals surface area contributed by atoms with Gasteiger partial charge in [-0.1, -0.05) is 6.92 Å². The number of carboxylic acid groups (broad SMARTS) is 1. The summed E-state index contributed by atoms with van der Waals surface area (Å²) in [7, 11) is 0. The van der Waals surface area contributed by atoms with Crippen molar-refractivity contribution in [3.8, 4) is 5.75 Å². The van der Waals surface area contributed by atoms with Gasteiger partial charge >= 0.3 is 17.8 Å². The second-order valence-electron chi connectivity index (χ2n) is 7.25. The number of benzene rings is 1. The highest BCUT2D eigenvalue weighted by atomic mass is 16.5. The molecule has 0 bridgehead atoms. The monoisotopic (exact) mass is 440 g/mol. The molecule has 3 rings (SSSR count). The minimum atomic E-state index is -1.13. The summed E-state index contributed by atoms with van der Waals surface area (Å²) >= 11 is 0. The fraction of sp³-hybridized carbons (Fsp3) is 0.333. The maximum absolute atomic E-state index is 12.9. The molecule has 4 N–H and O–H groups in total. The van der Waals surface area contributed by atoms with E-state index in [1.165, 1.54) is 28.5 Å². The Balaban J connectivity index is 1.92. The lowest BCUT2D eigenvalue weighted by molar-refractivity contribution is -0.169. The summed E-state index contributed by atoms with van der Waals surface area (Å²) in [5.41, 5.74) is 6.40. The van der Waals surface area contributed by atoms with Gasteiger partial charge in [0.2, 0.25) is 0 Å². The molecule has 2 amide bonds. The standard InChI is InChI=1S/C21H24N6O5/c1-2-7-26-17(32-15-5-3-13(4-6-15)19(22)23)11-27(21(31)20(26)30)16(8-18(28)29)14-9-24-12-25-10-14/h3-6,9-10,12,16-17H,2,7-8,11H2,1H3,(H3,22,23)(H,28,29). The Morgan fingerprint density at radius 1 is 1.25 bits per heavy atom. The van der Waals surface area contributed by atoms with Gasteiger partial charge in [0.25, 0.3) is 0 Å². The largest absolute Gasteiger partial charge is 0.481 e. The molecule has 1 aliphatic rings. The van der Waals surface area contributed by atoms with Gasteiger partial charge in [-0.3, -0.25) is 24.7 Å². The van der Waals surface area contributed by atoms with Crippen LogP contribution in [-0.2, 0) is 14.4 Å². The first-order valence-corrected chi connectivity index (χ1v) is 10.0. The van der Waals surface area contributed by atoms with Crippen LogP contribution in [0.15, 0.2) is 43.0 Å². The Labute approximate surface area is 184 Å². The number of nitrogens with zero attached hydrogens (tertiary/aromatic N) is 4. The van der Waals surface area contributed by atoms with Gasteiger partial charge in [0.05, 0.1) is 19.0 Å². The molecule has 11 nitrogen and oxygen atoms in total. The molecule has 1 aromatic carbocycles. The van der Waals surface area contributed by atoms with Crippen molar-refractivity contribution in [2.45, 2.75) is 32.0 Å². The lowest BCUT2D eigenvalue weighted by Crippen LogP contribution is -2.62. The number of piperazine rings is 1. The summed E-state index contributed by atoms with van der Waals surface area (Å²) in [6.07, 6.45) is 3.50. The van der Waals surface area contributed by atoms with Crippen LogP contribution in [0.5, 0.6) is 5.75 Å². The highest BCUT2D eigenvalue weighted by molar-refractivity contribution is 6.35. The molecule has 32 heavy (non-hydrogen) atoms. The summed E-state index contributed by atoms with van der Waals surface area (Å²) in [5, 5.41) is 16.9. The van der Waals surface area contributed by atoms with Crippen molar-refractivity contribution in [3.05, 3.63) is 54.1 Å². The van der Waals surface area contributed by atoms with Crippen LogP contribution in [0.4, 0.5) is 0 Å². The van der Waals surface area contributed by atoms with Crippen LogP contribution in [-0.4, -0.2) is 67.8 Å². The second-order valence-corrected chi connectivity index (χ2v) is 7.25. The molecule has 2 heterocycles. The van der Waals surface area contributed by atoms with Crippen LogP contribution in [0, 0.1) is 5.41 Å². The van der Waals surface area contributed by atoms with E-state index in [4.69, 9.17) is 15.9 Å². The lowest BCUT2D eigenvalue weighted by Gasteiger charge is -2.42. The van der Waals surface area contributed by atoms with Crippen molar-refractivity contribution >= 4 is 23.6 Å². The predicted octanol–water partition coefficient (Wildman–Crippen LogP) is 0.762. The zero-order valence-electron chi connectivity index (χ0n) is 17.5. The maximum atomic E-state index is 12.9. The Hall–Kier alpha value is -4.02. The number of aliphatic carboxylic acids is 1. The molecule has 11 heteroatoms. The number of aromatic nitrogens is 2. The number of hydrogen-bond donors (Lipinski definition) is 3. The van der Waals surface area contributed by atoms with Gasteiger partial charge < -0.3 is 20.5 Å². The number of carbonyl (C=O) groups is 3. The van der Waals surface area contributed by atoms with Gasteiger partial charge in [0, 0.05) is 30.1 Å². The molecule has 0 radical (unpaired) electrons. The van der Waals surface area contributed by atoms with Crippen LogP contribution < -0.4 is 10.5 Å². The minimum absolute atomic E-state index is 0.0358. The van der Waals surface area contributed by atoms with Crippen LogP contribution in [0.2, 0.25) is 0 Å². The molecule has 0 aliphatic carbocycles. The molecule has 1 aliphatic heterocycles. The van der Waals surface area contributed by atoms with E-state index in [9.17, 15) is 19.5 Å². The number of nitrogen functional groups attached to an aromatic ring is 1. The maximum Gasteiger partial charge on any atom is 0.315 e. The van der Waals surface area contributed by atoms with Crippen LogP contribution in [0.1, 0.15) is 36.9 Å². The third-order valence-corrected chi connectivity index (χ3v) is 5.02. The van der Waals surface area contributed by atoms with Crippen molar-refractivity contribution < 1.29 is 24.2 Å². The molecular weight excluding hydrogens is 416 g/mol. The van der Waals surface area contributed by atoms with E-state index in [2.05, 4.69) is 9.97 Å². The lowest BCUT2D eigenvalue weighted by atomic mass is 10.0. The van der Waals surface area contributed by atoms with Gasteiger partial charge in [-0.25, -0.2) is 9.97 Å². The minimum Gasteiger partial charge on any atom is -0.481 e. The fourth-order valence-corrected chi connectivity index (χ4v) is 3.51. The van der Waals surface area contributed by atoms with Gasteiger partial charge in [0.1, 0.15) is 17.9 Å². The summed E-state index contributed by atoms with van der Waals surface area (Å²) in [6.45, 7) is 2.13. The topological polar surface area (TPSA) is 163 Å². The van der Waals surface area contributed by atoms with Gasteiger partial charge in [0.15, 0.2) is 6.23 Å². The van der Waals surface area contributed by atoms with Crippen molar-refractivity contribution in [2.24, 2.45) is 5.73 Å². The van der Waals surface area contributed by atoms with E-state index < -0.39 is 36.5 Å². The number of rotatable bonds is 9.